The van der Waals surface area contributed by atoms with Crippen molar-refractivity contribution in [2.45, 2.75) is 12.5 Å². The van der Waals surface area contributed by atoms with Crippen molar-refractivity contribution in [2.24, 2.45) is 0 Å². The topological polar surface area (TPSA) is 35.5 Å². The van der Waals surface area contributed by atoms with E-state index in [4.69, 9.17) is 0 Å². The van der Waals surface area contributed by atoms with Gasteiger partial charge in [-0.3, -0.25) is 0 Å². The number of rotatable bonds is 4. The lowest BCUT2D eigenvalue weighted by atomic mass is 10.2. The summed E-state index contributed by atoms with van der Waals surface area (Å²) in [6.07, 6.45) is 0.513. The molecule has 1 fully saturated rings. The first-order valence-corrected chi connectivity index (χ1v) is 7.28. The highest BCUT2D eigenvalue weighted by Gasteiger charge is 2.14. The quantitative estimate of drug-likeness (QED) is 0.891. The van der Waals surface area contributed by atoms with Gasteiger partial charge in [-0.1, -0.05) is 0 Å². The summed E-state index contributed by atoms with van der Waals surface area (Å²) in [5, 5.41) is 15.4. The van der Waals surface area contributed by atoms with Gasteiger partial charge in [0.25, 0.3) is 0 Å². The molecule has 2 N–H and O–H groups in total. The Bertz CT molecular complexity index is 326. The summed E-state index contributed by atoms with van der Waals surface area (Å²) >= 11 is 5.03. The van der Waals surface area contributed by atoms with E-state index in [1.807, 2.05) is 11.4 Å². The molecule has 0 saturated carbocycles. The zero-order valence-corrected chi connectivity index (χ0v) is 11.6. The molecule has 1 aliphatic rings. The fourth-order valence-corrected chi connectivity index (χ4v) is 3.35. The molecule has 16 heavy (non-hydrogen) atoms. The van der Waals surface area contributed by atoms with Gasteiger partial charge in [0, 0.05) is 47.5 Å². The number of nitrogens with zero attached hydrogens (tertiary/aromatic N) is 1. The Morgan fingerprint density at radius 1 is 1.50 bits per heavy atom. The van der Waals surface area contributed by atoms with E-state index in [0.717, 1.165) is 48.5 Å². The molecule has 1 aromatic rings. The predicted octanol–water partition coefficient (Wildman–Crippen LogP) is 1.84. The van der Waals surface area contributed by atoms with Crippen molar-refractivity contribution in [2.75, 3.05) is 32.7 Å². The maximum atomic E-state index is 10.0. The summed E-state index contributed by atoms with van der Waals surface area (Å²) in [4.78, 5) is 3.46. The van der Waals surface area contributed by atoms with Crippen LogP contribution in [0.1, 0.15) is 17.4 Å². The summed E-state index contributed by atoms with van der Waals surface area (Å²) < 4.78 is 1.06. The van der Waals surface area contributed by atoms with Gasteiger partial charge in [-0.15, -0.1) is 11.3 Å². The molecular weight excluding hydrogens is 288 g/mol. The minimum Gasteiger partial charge on any atom is -0.388 e. The monoisotopic (exact) mass is 304 g/mol. The molecule has 0 spiro atoms. The van der Waals surface area contributed by atoms with E-state index in [0.29, 0.717) is 0 Å². The molecule has 0 bridgehead atoms. The lowest BCUT2D eigenvalue weighted by Gasteiger charge is -2.27. The van der Waals surface area contributed by atoms with Crippen molar-refractivity contribution in [1.82, 2.24) is 10.2 Å². The second-order valence-corrected chi connectivity index (χ2v) is 5.92. The summed E-state index contributed by atoms with van der Waals surface area (Å²) in [5.74, 6) is 0. The van der Waals surface area contributed by atoms with E-state index in [1.54, 1.807) is 11.3 Å². The number of piperazine rings is 1. The standard InChI is InChI=1S/C11H17BrN2OS/c12-9-7-11(16-8-9)10(15)1-4-14-5-2-13-3-6-14/h7-8,10,13,15H,1-6H2. The third-order valence-electron chi connectivity index (χ3n) is 2.84. The number of hydrogen-bond acceptors (Lipinski definition) is 4. The van der Waals surface area contributed by atoms with Crippen LogP contribution in [0, 0.1) is 0 Å². The highest BCUT2D eigenvalue weighted by Crippen LogP contribution is 2.27. The van der Waals surface area contributed by atoms with Crippen molar-refractivity contribution >= 4 is 27.3 Å². The molecule has 90 valence electrons. The summed E-state index contributed by atoms with van der Waals surface area (Å²) in [6.45, 7) is 5.32. The Hall–Kier alpha value is 0.0600. The fraction of sp³-hybridized carbons (Fsp3) is 0.636. The number of halogens is 1. The maximum Gasteiger partial charge on any atom is 0.0894 e. The van der Waals surface area contributed by atoms with Crippen LogP contribution in [0.4, 0.5) is 0 Å². The molecule has 2 rings (SSSR count). The molecule has 0 radical (unpaired) electrons. The first kappa shape index (κ1) is 12.5. The van der Waals surface area contributed by atoms with Crippen LogP contribution in [0.3, 0.4) is 0 Å². The maximum absolute atomic E-state index is 10.0. The third-order valence-corrected chi connectivity index (χ3v) is 4.64. The number of hydrogen-bond donors (Lipinski definition) is 2. The average Bonchev–Trinajstić information content (AvgIpc) is 2.74. The van der Waals surface area contributed by atoms with Gasteiger partial charge < -0.3 is 15.3 Å². The molecule has 0 amide bonds. The van der Waals surface area contributed by atoms with Crippen LogP contribution in [0.2, 0.25) is 0 Å². The minimum absolute atomic E-state index is 0.314. The molecule has 1 aromatic heterocycles. The Kier molecular flexibility index (Phi) is 4.79. The lowest BCUT2D eigenvalue weighted by molar-refractivity contribution is 0.139. The van der Waals surface area contributed by atoms with Crippen molar-refractivity contribution in [3.05, 3.63) is 20.8 Å². The van der Waals surface area contributed by atoms with Crippen molar-refractivity contribution < 1.29 is 5.11 Å². The van der Waals surface area contributed by atoms with E-state index in [2.05, 4.69) is 26.1 Å². The Morgan fingerprint density at radius 2 is 2.25 bits per heavy atom. The Morgan fingerprint density at radius 3 is 2.88 bits per heavy atom. The van der Waals surface area contributed by atoms with Crippen LogP contribution in [-0.4, -0.2) is 42.7 Å². The number of aliphatic hydroxyl groups is 1. The number of nitrogens with one attached hydrogen (secondary N) is 1. The van der Waals surface area contributed by atoms with E-state index < -0.39 is 0 Å². The van der Waals surface area contributed by atoms with Crippen molar-refractivity contribution in [3.8, 4) is 0 Å². The van der Waals surface area contributed by atoms with Gasteiger partial charge in [0.2, 0.25) is 0 Å². The van der Waals surface area contributed by atoms with Crippen molar-refractivity contribution in [3.63, 3.8) is 0 Å². The highest BCUT2D eigenvalue weighted by molar-refractivity contribution is 9.10. The lowest BCUT2D eigenvalue weighted by Crippen LogP contribution is -2.43. The van der Waals surface area contributed by atoms with Gasteiger partial charge in [0.1, 0.15) is 0 Å². The Balaban J connectivity index is 1.76. The normalized spacial score (nSPS) is 19.9. The first-order chi connectivity index (χ1) is 7.75. The summed E-state index contributed by atoms with van der Waals surface area (Å²) in [5.41, 5.74) is 0. The van der Waals surface area contributed by atoms with Gasteiger partial charge in [-0.05, 0) is 28.4 Å². The molecular formula is C11H17BrN2OS. The van der Waals surface area contributed by atoms with Crippen molar-refractivity contribution in [1.29, 1.82) is 0 Å². The van der Waals surface area contributed by atoms with E-state index in [1.165, 1.54) is 0 Å². The minimum atomic E-state index is -0.314. The summed E-state index contributed by atoms with van der Waals surface area (Å²) in [6, 6.07) is 2.01. The van der Waals surface area contributed by atoms with Gasteiger partial charge in [-0.25, -0.2) is 0 Å². The van der Waals surface area contributed by atoms with Crippen LogP contribution in [0.5, 0.6) is 0 Å². The molecule has 5 heteroatoms. The largest absolute Gasteiger partial charge is 0.388 e. The Labute approximate surface area is 109 Å². The van der Waals surface area contributed by atoms with Crippen LogP contribution >= 0.6 is 27.3 Å². The predicted molar refractivity (Wildman–Crippen MR) is 70.9 cm³/mol. The fourth-order valence-electron chi connectivity index (χ4n) is 1.88. The number of aliphatic hydroxyl groups excluding tert-OH is 1. The van der Waals surface area contributed by atoms with Crippen LogP contribution in [-0.2, 0) is 0 Å². The molecule has 1 unspecified atom stereocenters. The zero-order chi connectivity index (χ0) is 11.4. The average molecular weight is 305 g/mol. The van der Waals surface area contributed by atoms with Crippen LogP contribution in [0.15, 0.2) is 15.9 Å². The second-order valence-electron chi connectivity index (χ2n) is 4.06. The molecule has 0 aromatic carbocycles. The molecule has 1 aliphatic heterocycles. The molecule has 2 heterocycles. The van der Waals surface area contributed by atoms with Gasteiger partial charge in [0.05, 0.1) is 6.10 Å². The van der Waals surface area contributed by atoms with E-state index in [9.17, 15) is 5.11 Å². The SMILES string of the molecule is OC(CCN1CCNCC1)c1cc(Br)cs1. The second kappa shape index (κ2) is 6.12. The van der Waals surface area contributed by atoms with Gasteiger partial charge in [-0.2, -0.15) is 0 Å². The van der Waals surface area contributed by atoms with Crippen LogP contribution < -0.4 is 5.32 Å². The zero-order valence-electron chi connectivity index (χ0n) is 9.16. The third kappa shape index (κ3) is 3.53. The molecule has 3 nitrogen and oxygen atoms in total. The number of thiophene rings is 1. The first-order valence-electron chi connectivity index (χ1n) is 5.61. The molecule has 1 atom stereocenters. The van der Waals surface area contributed by atoms with Gasteiger partial charge >= 0.3 is 0 Å². The van der Waals surface area contributed by atoms with Crippen LogP contribution in [0.25, 0.3) is 0 Å². The summed E-state index contributed by atoms with van der Waals surface area (Å²) in [7, 11) is 0. The van der Waals surface area contributed by atoms with E-state index in [-0.39, 0.29) is 6.10 Å². The van der Waals surface area contributed by atoms with E-state index >= 15 is 0 Å². The smallest absolute Gasteiger partial charge is 0.0894 e. The molecule has 0 aliphatic carbocycles. The highest BCUT2D eigenvalue weighted by atomic mass is 79.9. The molecule has 1 saturated heterocycles. The van der Waals surface area contributed by atoms with Gasteiger partial charge in [0.15, 0.2) is 0 Å².